The Kier molecular flexibility index (Phi) is 5.81. The van der Waals surface area contributed by atoms with Gasteiger partial charge in [-0.05, 0) is 53.3 Å². The monoisotopic (exact) mass is 454 g/mol. The van der Waals surface area contributed by atoms with Crippen molar-refractivity contribution in [2.24, 2.45) is 0 Å². The van der Waals surface area contributed by atoms with Gasteiger partial charge in [0.05, 0.1) is 5.69 Å². The van der Waals surface area contributed by atoms with E-state index in [1.54, 1.807) is 0 Å². The SMILES string of the molecule is CC(C)c1ccc(N2C(=O)C(Sc3ccccc3)=C(N3CCc4ccccc4C3)C2=O)cc1. The average molecular weight is 455 g/mol. The number of fused-ring (bicyclic) bond motifs is 1. The molecule has 166 valence electrons. The van der Waals surface area contributed by atoms with E-state index < -0.39 is 0 Å². The van der Waals surface area contributed by atoms with Crippen molar-refractivity contribution in [2.45, 2.75) is 37.6 Å². The topological polar surface area (TPSA) is 40.6 Å². The highest BCUT2D eigenvalue weighted by molar-refractivity contribution is 8.04. The maximum atomic E-state index is 13.7. The van der Waals surface area contributed by atoms with Crippen molar-refractivity contribution < 1.29 is 9.59 Å². The smallest absolute Gasteiger partial charge is 0.283 e. The Bertz CT molecular complexity index is 1230. The lowest BCUT2D eigenvalue weighted by atomic mass is 9.99. The molecule has 0 aliphatic carbocycles. The van der Waals surface area contributed by atoms with Gasteiger partial charge in [0.15, 0.2) is 0 Å². The van der Waals surface area contributed by atoms with Crippen LogP contribution in [-0.4, -0.2) is 23.3 Å². The molecule has 0 spiro atoms. The van der Waals surface area contributed by atoms with Crippen molar-refractivity contribution in [3.8, 4) is 0 Å². The van der Waals surface area contributed by atoms with Gasteiger partial charge in [-0.3, -0.25) is 9.59 Å². The Morgan fingerprint density at radius 2 is 1.45 bits per heavy atom. The van der Waals surface area contributed by atoms with Gasteiger partial charge in [0, 0.05) is 18.0 Å². The molecule has 2 amide bonds. The minimum absolute atomic E-state index is 0.241. The molecule has 2 heterocycles. The second kappa shape index (κ2) is 8.91. The van der Waals surface area contributed by atoms with Crippen molar-refractivity contribution in [1.82, 2.24) is 4.90 Å². The molecule has 0 saturated carbocycles. The summed E-state index contributed by atoms with van der Waals surface area (Å²) < 4.78 is 0. The molecule has 33 heavy (non-hydrogen) atoms. The Labute approximate surface area is 198 Å². The van der Waals surface area contributed by atoms with Gasteiger partial charge in [-0.15, -0.1) is 0 Å². The van der Waals surface area contributed by atoms with Crippen LogP contribution >= 0.6 is 11.8 Å². The highest BCUT2D eigenvalue weighted by Crippen LogP contribution is 2.40. The quantitative estimate of drug-likeness (QED) is 0.461. The van der Waals surface area contributed by atoms with E-state index in [0.717, 1.165) is 11.3 Å². The zero-order valence-electron chi connectivity index (χ0n) is 18.8. The fourth-order valence-electron chi connectivity index (χ4n) is 4.40. The molecular formula is C28H26N2O2S. The summed E-state index contributed by atoms with van der Waals surface area (Å²) in [6.45, 7) is 5.60. The number of benzene rings is 3. The third kappa shape index (κ3) is 4.09. The van der Waals surface area contributed by atoms with Crippen molar-refractivity contribution in [1.29, 1.82) is 0 Å². The van der Waals surface area contributed by atoms with Crippen molar-refractivity contribution in [3.63, 3.8) is 0 Å². The van der Waals surface area contributed by atoms with Crippen molar-refractivity contribution >= 4 is 29.3 Å². The Morgan fingerprint density at radius 3 is 2.15 bits per heavy atom. The summed E-state index contributed by atoms with van der Waals surface area (Å²) in [5, 5.41) is 0. The molecule has 0 fully saturated rings. The number of thioether (sulfide) groups is 1. The fourth-order valence-corrected chi connectivity index (χ4v) is 5.43. The number of carbonyl (C=O) groups is 2. The molecule has 0 saturated heterocycles. The predicted molar refractivity (Wildman–Crippen MR) is 133 cm³/mol. The van der Waals surface area contributed by atoms with Crippen molar-refractivity contribution in [2.75, 3.05) is 11.4 Å². The Balaban J connectivity index is 1.53. The van der Waals surface area contributed by atoms with Crippen LogP contribution in [0.15, 0.2) is 94.4 Å². The Hall–Kier alpha value is -3.31. The fraction of sp³-hybridized carbons (Fsp3) is 0.214. The maximum absolute atomic E-state index is 13.7. The van der Waals surface area contributed by atoms with Crippen molar-refractivity contribution in [3.05, 3.63) is 106 Å². The van der Waals surface area contributed by atoms with Crippen LogP contribution in [-0.2, 0) is 22.6 Å². The lowest BCUT2D eigenvalue weighted by Gasteiger charge is -2.31. The molecule has 0 bridgehead atoms. The van der Waals surface area contributed by atoms with Gasteiger partial charge in [-0.25, -0.2) is 4.90 Å². The highest BCUT2D eigenvalue weighted by Gasteiger charge is 2.43. The first-order valence-corrected chi connectivity index (χ1v) is 12.1. The van der Waals surface area contributed by atoms with Crippen LogP contribution in [0.1, 0.15) is 36.5 Å². The summed E-state index contributed by atoms with van der Waals surface area (Å²) in [5.41, 5.74) is 4.83. The summed E-state index contributed by atoms with van der Waals surface area (Å²) in [5.74, 6) is -0.106. The molecule has 3 aromatic rings. The van der Waals surface area contributed by atoms with Crippen LogP contribution < -0.4 is 4.90 Å². The normalized spacial score (nSPS) is 16.1. The van der Waals surface area contributed by atoms with Gasteiger partial charge in [0.1, 0.15) is 10.6 Å². The van der Waals surface area contributed by atoms with Crippen LogP contribution in [0.5, 0.6) is 0 Å². The molecule has 3 aromatic carbocycles. The molecule has 4 nitrogen and oxygen atoms in total. The van der Waals surface area contributed by atoms with Crippen LogP contribution in [0.2, 0.25) is 0 Å². The van der Waals surface area contributed by atoms with Crippen LogP contribution in [0.3, 0.4) is 0 Å². The summed E-state index contributed by atoms with van der Waals surface area (Å²) in [7, 11) is 0. The van der Waals surface area contributed by atoms with Crippen LogP contribution in [0.25, 0.3) is 0 Å². The van der Waals surface area contributed by atoms with Gasteiger partial charge in [-0.2, -0.15) is 0 Å². The molecule has 2 aliphatic heterocycles. The number of nitrogens with zero attached hydrogens (tertiary/aromatic N) is 2. The first-order chi connectivity index (χ1) is 16.0. The van der Waals surface area contributed by atoms with E-state index in [1.165, 1.54) is 33.4 Å². The van der Waals surface area contributed by atoms with E-state index in [1.807, 2.05) is 60.7 Å². The summed E-state index contributed by atoms with van der Waals surface area (Å²) in [6.07, 6.45) is 0.855. The molecular weight excluding hydrogens is 428 g/mol. The zero-order valence-corrected chi connectivity index (χ0v) is 19.6. The van der Waals surface area contributed by atoms with Crippen LogP contribution in [0.4, 0.5) is 5.69 Å². The summed E-state index contributed by atoms with van der Waals surface area (Å²) in [4.78, 5) is 32.2. The molecule has 0 aromatic heterocycles. The van der Waals surface area contributed by atoms with Gasteiger partial charge in [0.2, 0.25) is 0 Å². The minimum atomic E-state index is -0.250. The number of hydrogen-bond acceptors (Lipinski definition) is 4. The molecule has 5 heteroatoms. The third-order valence-electron chi connectivity index (χ3n) is 6.25. The summed E-state index contributed by atoms with van der Waals surface area (Å²) in [6, 6.07) is 25.9. The third-order valence-corrected chi connectivity index (χ3v) is 7.33. The van der Waals surface area contributed by atoms with E-state index in [-0.39, 0.29) is 11.8 Å². The van der Waals surface area contributed by atoms with Gasteiger partial charge in [-0.1, -0.05) is 80.2 Å². The molecule has 2 aliphatic rings. The Morgan fingerprint density at radius 1 is 0.788 bits per heavy atom. The maximum Gasteiger partial charge on any atom is 0.283 e. The minimum Gasteiger partial charge on any atom is -0.361 e. The average Bonchev–Trinajstić information content (AvgIpc) is 3.08. The highest BCUT2D eigenvalue weighted by atomic mass is 32.2. The molecule has 0 atom stereocenters. The number of hydrogen-bond donors (Lipinski definition) is 0. The largest absolute Gasteiger partial charge is 0.361 e. The second-order valence-electron chi connectivity index (χ2n) is 8.73. The van der Waals surface area contributed by atoms with Gasteiger partial charge < -0.3 is 4.90 Å². The number of rotatable bonds is 5. The molecule has 5 rings (SSSR count). The number of anilines is 1. The molecule has 0 N–H and O–H groups in total. The first kappa shape index (κ1) is 21.5. The van der Waals surface area contributed by atoms with Gasteiger partial charge in [0.25, 0.3) is 11.8 Å². The first-order valence-electron chi connectivity index (χ1n) is 11.3. The van der Waals surface area contributed by atoms with E-state index in [0.29, 0.717) is 35.3 Å². The number of amides is 2. The second-order valence-corrected chi connectivity index (χ2v) is 9.81. The standard InChI is InChI=1S/C28H26N2O2S/c1-19(2)20-12-14-23(15-13-20)30-27(31)25(26(28(30)32)33-24-10-4-3-5-11-24)29-17-16-21-8-6-7-9-22(21)18-29/h3-15,19H,16-18H2,1-2H3. The number of imide groups is 1. The predicted octanol–water partition coefficient (Wildman–Crippen LogP) is 5.75. The van der Waals surface area contributed by atoms with Crippen LogP contribution in [0, 0.1) is 0 Å². The lowest BCUT2D eigenvalue weighted by molar-refractivity contribution is -0.121. The molecule has 0 radical (unpaired) electrons. The zero-order chi connectivity index (χ0) is 22.9. The van der Waals surface area contributed by atoms with E-state index in [4.69, 9.17) is 0 Å². The molecule has 0 unspecified atom stereocenters. The van der Waals surface area contributed by atoms with E-state index in [9.17, 15) is 9.59 Å². The van der Waals surface area contributed by atoms with Gasteiger partial charge >= 0.3 is 0 Å². The summed E-state index contributed by atoms with van der Waals surface area (Å²) >= 11 is 1.38. The van der Waals surface area contributed by atoms with E-state index >= 15 is 0 Å². The number of carbonyl (C=O) groups excluding carboxylic acids is 2. The lowest BCUT2D eigenvalue weighted by Crippen LogP contribution is -2.37. The van der Waals surface area contributed by atoms with E-state index in [2.05, 4.69) is 36.9 Å².